The van der Waals surface area contributed by atoms with Crippen LogP contribution in [-0.2, 0) is 0 Å². The van der Waals surface area contributed by atoms with E-state index in [0.717, 1.165) is 16.5 Å². The van der Waals surface area contributed by atoms with Crippen LogP contribution >= 0.6 is 0 Å². The smallest absolute Gasteiger partial charge is 0.143 e. The first-order valence-electron chi connectivity index (χ1n) is 7.54. The average molecular weight is 314 g/mol. The van der Waals surface area contributed by atoms with Crippen LogP contribution in [0.2, 0.25) is 0 Å². The summed E-state index contributed by atoms with van der Waals surface area (Å²) in [5.41, 5.74) is 2.13. The molecule has 0 saturated carbocycles. The van der Waals surface area contributed by atoms with Crippen LogP contribution in [0.15, 0.2) is 89.4 Å². The number of hydrogen-bond acceptors (Lipinski definition) is 4. The van der Waals surface area contributed by atoms with Crippen molar-refractivity contribution in [3.63, 3.8) is 0 Å². The number of benzene rings is 3. The Balaban J connectivity index is 1.67. The highest BCUT2D eigenvalue weighted by atomic mass is 16.3. The van der Waals surface area contributed by atoms with Gasteiger partial charge in [-0.05, 0) is 41.8 Å². The van der Waals surface area contributed by atoms with Crippen LogP contribution in [0.3, 0.4) is 0 Å². The summed E-state index contributed by atoms with van der Waals surface area (Å²) in [4.78, 5) is 0. The van der Waals surface area contributed by atoms with Gasteiger partial charge >= 0.3 is 0 Å². The number of aromatic nitrogens is 2. The van der Waals surface area contributed by atoms with Crippen LogP contribution in [0.1, 0.15) is 0 Å². The van der Waals surface area contributed by atoms with E-state index in [2.05, 4.69) is 15.3 Å². The maximum Gasteiger partial charge on any atom is 0.143 e. The molecule has 5 heteroatoms. The number of hydrogen-bond donors (Lipinski definition) is 1. The Bertz CT molecular complexity index is 1010. The van der Waals surface area contributed by atoms with Crippen LogP contribution in [-0.4, -0.2) is 14.9 Å². The topological polar surface area (TPSA) is 62.8 Å². The van der Waals surface area contributed by atoms with E-state index in [1.165, 1.54) is 0 Å². The van der Waals surface area contributed by atoms with Gasteiger partial charge in [0, 0.05) is 17.8 Å². The summed E-state index contributed by atoms with van der Waals surface area (Å²) in [6.45, 7) is 0. The quantitative estimate of drug-likeness (QED) is 0.532. The molecule has 0 atom stereocenters. The minimum Gasteiger partial charge on any atom is -0.506 e. The zero-order chi connectivity index (χ0) is 16.4. The van der Waals surface area contributed by atoms with Gasteiger partial charge in [-0.2, -0.15) is 10.2 Å². The molecule has 0 saturated heterocycles. The molecular weight excluding hydrogens is 300 g/mol. The van der Waals surface area contributed by atoms with E-state index in [-0.39, 0.29) is 5.75 Å². The van der Waals surface area contributed by atoms with Crippen molar-refractivity contribution in [2.45, 2.75) is 0 Å². The summed E-state index contributed by atoms with van der Waals surface area (Å²) in [7, 11) is 0. The summed E-state index contributed by atoms with van der Waals surface area (Å²) >= 11 is 0. The lowest BCUT2D eigenvalue weighted by atomic mass is 10.1. The Hall–Kier alpha value is -3.47. The molecule has 4 rings (SSSR count). The predicted octanol–water partition coefficient (Wildman–Crippen LogP) is 5.15. The molecule has 0 aliphatic carbocycles. The molecular formula is C19H14N4O. The minimum absolute atomic E-state index is 0.116. The number of phenolic OH excluding ortho intramolecular Hbond substituents is 1. The Morgan fingerprint density at radius 1 is 0.833 bits per heavy atom. The molecule has 5 nitrogen and oxygen atoms in total. The molecule has 0 radical (unpaired) electrons. The summed E-state index contributed by atoms with van der Waals surface area (Å²) in [6, 6.07) is 20.7. The number of rotatable bonds is 3. The predicted molar refractivity (Wildman–Crippen MR) is 93.4 cm³/mol. The van der Waals surface area contributed by atoms with Gasteiger partial charge < -0.3 is 5.11 Å². The molecule has 3 aromatic carbocycles. The summed E-state index contributed by atoms with van der Waals surface area (Å²) < 4.78 is 1.78. The van der Waals surface area contributed by atoms with Crippen LogP contribution in [0.5, 0.6) is 5.75 Å². The SMILES string of the molecule is Oc1ccc2ccccc2c1N=Nc1ccc(-n2cccn2)cc1. The number of phenols is 1. The number of aromatic hydroxyl groups is 1. The van der Waals surface area contributed by atoms with E-state index < -0.39 is 0 Å². The molecule has 0 aliphatic rings. The average Bonchev–Trinajstić information content (AvgIpc) is 3.16. The molecule has 0 fully saturated rings. The maximum atomic E-state index is 10.1. The van der Waals surface area contributed by atoms with Gasteiger partial charge in [0.05, 0.1) is 11.4 Å². The number of nitrogens with zero attached hydrogens (tertiary/aromatic N) is 4. The van der Waals surface area contributed by atoms with Crippen LogP contribution in [0.25, 0.3) is 16.5 Å². The second-order valence-corrected chi connectivity index (χ2v) is 5.32. The van der Waals surface area contributed by atoms with Gasteiger partial charge in [-0.3, -0.25) is 0 Å². The van der Waals surface area contributed by atoms with Crippen molar-refractivity contribution in [1.29, 1.82) is 0 Å². The fraction of sp³-hybridized carbons (Fsp3) is 0. The molecule has 24 heavy (non-hydrogen) atoms. The summed E-state index contributed by atoms with van der Waals surface area (Å²) in [5, 5.41) is 24.7. The van der Waals surface area contributed by atoms with Crippen molar-refractivity contribution in [1.82, 2.24) is 9.78 Å². The standard InChI is InChI=1S/C19H14N4O/c24-18-11-6-14-4-1-2-5-17(14)19(18)22-21-15-7-9-16(10-8-15)23-13-3-12-20-23/h1-13,24H. The molecule has 0 spiro atoms. The lowest BCUT2D eigenvalue weighted by Crippen LogP contribution is -1.92. The first kappa shape index (κ1) is 14.1. The molecule has 4 aromatic rings. The molecule has 0 aliphatic heterocycles. The second-order valence-electron chi connectivity index (χ2n) is 5.32. The largest absolute Gasteiger partial charge is 0.506 e. The lowest BCUT2D eigenvalue weighted by molar-refractivity contribution is 0.477. The molecule has 0 amide bonds. The fourth-order valence-electron chi connectivity index (χ4n) is 2.55. The van der Waals surface area contributed by atoms with Crippen LogP contribution < -0.4 is 0 Å². The number of azo groups is 1. The van der Waals surface area contributed by atoms with Crippen LogP contribution in [0, 0.1) is 0 Å². The van der Waals surface area contributed by atoms with Gasteiger partial charge in [-0.25, -0.2) is 4.68 Å². The Morgan fingerprint density at radius 3 is 2.46 bits per heavy atom. The van der Waals surface area contributed by atoms with E-state index in [0.29, 0.717) is 11.4 Å². The first-order valence-corrected chi connectivity index (χ1v) is 7.54. The van der Waals surface area contributed by atoms with Crippen molar-refractivity contribution in [3.8, 4) is 11.4 Å². The molecule has 1 aromatic heterocycles. The Labute approximate surface area is 138 Å². The number of fused-ring (bicyclic) bond motifs is 1. The lowest BCUT2D eigenvalue weighted by Gasteiger charge is -2.04. The molecule has 116 valence electrons. The Kier molecular flexibility index (Phi) is 3.51. The molecule has 0 unspecified atom stereocenters. The highest BCUT2D eigenvalue weighted by Gasteiger charge is 2.05. The normalized spacial score (nSPS) is 11.3. The molecule has 0 bridgehead atoms. The highest BCUT2D eigenvalue weighted by molar-refractivity contribution is 5.95. The van der Waals surface area contributed by atoms with Gasteiger partial charge in [-0.15, -0.1) is 5.11 Å². The Morgan fingerprint density at radius 2 is 1.67 bits per heavy atom. The van der Waals surface area contributed by atoms with Gasteiger partial charge in [-0.1, -0.05) is 30.3 Å². The van der Waals surface area contributed by atoms with E-state index in [9.17, 15) is 5.11 Å². The third kappa shape index (κ3) is 2.63. The zero-order valence-electron chi connectivity index (χ0n) is 12.7. The van der Waals surface area contributed by atoms with Crippen molar-refractivity contribution in [3.05, 3.63) is 79.1 Å². The van der Waals surface area contributed by atoms with Crippen molar-refractivity contribution < 1.29 is 5.11 Å². The van der Waals surface area contributed by atoms with Gasteiger partial charge in [0.1, 0.15) is 11.4 Å². The van der Waals surface area contributed by atoms with Crippen molar-refractivity contribution in [2.24, 2.45) is 10.2 Å². The molecule has 1 N–H and O–H groups in total. The monoisotopic (exact) mass is 314 g/mol. The van der Waals surface area contributed by atoms with Gasteiger partial charge in [0.15, 0.2) is 0 Å². The van der Waals surface area contributed by atoms with E-state index >= 15 is 0 Å². The molecule has 1 heterocycles. The van der Waals surface area contributed by atoms with Crippen LogP contribution in [0.4, 0.5) is 11.4 Å². The van der Waals surface area contributed by atoms with E-state index in [4.69, 9.17) is 0 Å². The maximum absolute atomic E-state index is 10.1. The summed E-state index contributed by atoms with van der Waals surface area (Å²) in [6.07, 6.45) is 3.61. The van der Waals surface area contributed by atoms with E-state index in [1.807, 2.05) is 66.9 Å². The fourth-order valence-corrected chi connectivity index (χ4v) is 2.55. The first-order chi connectivity index (χ1) is 11.8. The van der Waals surface area contributed by atoms with Gasteiger partial charge in [0.25, 0.3) is 0 Å². The van der Waals surface area contributed by atoms with Crippen molar-refractivity contribution >= 4 is 22.1 Å². The second kappa shape index (κ2) is 5.96. The van der Waals surface area contributed by atoms with E-state index in [1.54, 1.807) is 16.9 Å². The third-order valence-electron chi connectivity index (χ3n) is 3.76. The summed E-state index contributed by atoms with van der Waals surface area (Å²) in [5.74, 6) is 0.116. The van der Waals surface area contributed by atoms with Crippen molar-refractivity contribution in [2.75, 3.05) is 0 Å². The highest BCUT2D eigenvalue weighted by Crippen LogP contribution is 2.35. The van der Waals surface area contributed by atoms with Gasteiger partial charge in [0.2, 0.25) is 0 Å². The zero-order valence-corrected chi connectivity index (χ0v) is 12.7. The minimum atomic E-state index is 0.116. The third-order valence-corrected chi connectivity index (χ3v) is 3.76.